The Bertz CT molecular complexity index is 665. The summed E-state index contributed by atoms with van der Waals surface area (Å²) in [5.41, 5.74) is 6.35. The molecule has 0 fully saturated rings. The third-order valence-electron chi connectivity index (χ3n) is 2.91. The first-order chi connectivity index (χ1) is 10.0. The predicted molar refractivity (Wildman–Crippen MR) is 82.4 cm³/mol. The van der Waals surface area contributed by atoms with Crippen LogP contribution in [0.3, 0.4) is 0 Å². The summed E-state index contributed by atoms with van der Waals surface area (Å²) < 4.78 is 11.0. The van der Waals surface area contributed by atoms with Crippen molar-refractivity contribution in [1.82, 2.24) is 0 Å². The molecule has 112 valence electrons. The van der Waals surface area contributed by atoms with Crippen LogP contribution >= 0.6 is 11.3 Å². The first-order valence-electron chi connectivity index (χ1n) is 6.71. The lowest BCUT2D eigenvalue weighted by Gasteiger charge is -2.13. The maximum absolute atomic E-state index is 12.1. The zero-order valence-corrected chi connectivity index (χ0v) is 12.7. The molecular formula is C15H17NO4S. The van der Waals surface area contributed by atoms with Gasteiger partial charge in [-0.15, -0.1) is 11.3 Å². The molecule has 0 aliphatic heterocycles. The predicted octanol–water partition coefficient (Wildman–Crippen LogP) is 2.98. The molecule has 0 spiro atoms. The number of fused-ring (bicyclic) bond motifs is 1. The number of nitrogen functional groups attached to an aromatic ring is 1. The van der Waals surface area contributed by atoms with Crippen molar-refractivity contribution in [1.29, 1.82) is 0 Å². The van der Waals surface area contributed by atoms with Crippen LogP contribution < -0.4 is 5.73 Å². The number of hydrogen-bond acceptors (Lipinski definition) is 6. The Morgan fingerprint density at radius 2 is 2.05 bits per heavy atom. The second kappa shape index (κ2) is 6.58. The van der Waals surface area contributed by atoms with Gasteiger partial charge in [0.15, 0.2) is 6.10 Å². The molecule has 0 aliphatic rings. The van der Waals surface area contributed by atoms with E-state index in [1.165, 1.54) is 11.3 Å². The fourth-order valence-corrected chi connectivity index (χ4v) is 2.81. The minimum atomic E-state index is -0.868. The molecule has 5 nitrogen and oxygen atoms in total. The minimum Gasteiger partial charge on any atom is -0.463 e. The summed E-state index contributed by atoms with van der Waals surface area (Å²) in [6.07, 6.45) is -0.490. The van der Waals surface area contributed by atoms with Gasteiger partial charge in [0.25, 0.3) is 0 Å². The lowest BCUT2D eigenvalue weighted by Crippen LogP contribution is -2.28. The number of anilines is 1. The van der Waals surface area contributed by atoms with Gasteiger partial charge in [-0.25, -0.2) is 9.59 Å². The van der Waals surface area contributed by atoms with E-state index in [2.05, 4.69) is 0 Å². The fraction of sp³-hybridized carbons (Fsp3) is 0.333. The molecule has 1 atom stereocenters. The Hall–Kier alpha value is -2.08. The Labute approximate surface area is 126 Å². The summed E-state index contributed by atoms with van der Waals surface area (Å²) in [7, 11) is 0. The monoisotopic (exact) mass is 307 g/mol. The van der Waals surface area contributed by atoms with Gasteiger partial charge in [0.1, 0.15) is 4.88 Å². The van der Waals surface area contributed by atoms with Gasteiger partial charge in [-0.05, 0) is 43.0 Å². The highest BCUT2D eigenvalue weighted by Gasteiger charge is 2.24. The van der Waals surface area contributed by atoms with Crippen molar-refractivity contribution in [3.8, 4) is 0 Å². The highest BCUT2D eigenvalue weighted by atomic mass is 32.1. The second-order valence-corrected chi connectivity index (χ2v) is 5.55. The number of nitrogens with two attached hydrogens (primary N) is 1. The molecule has 0 saturated carbocycles. The van der Waals surface area contributed by atoms with Crippen molar-refractivity contribution in [3.63, 3.8) is 0 Å². The molecule has 0 aliphatic carbocycles. The van der Waals surface area contributed by atoms with E-state index >= 15 is 0 Å². The van der Waals surface area contributed by atoms with Gasteiger partial charge in [-0.1, -0.05) is 6.92 Å². The summed E-state index contributed by atoms with van der Waals surface area (Å²) in [4.78, 5) is 24.2. The van der Waals surface area contributed by atoms with E-state index in [9.17, 15) is 9.59 Å². The largest absolute Gasteiger partial charge is 0.463 e. The molecule has 0 bridgehead atoms. The standard InChI is InChI=1S/C15H17NO4S/c1-3-11(14(17)19-4-2)20-15(18)13-8-9-7-10(16)5-6-12(9)21-13/h5-8,11H,3-4,16H2,1-2H3. The van der Waals surface area contributed by atoms with Crippen molar-refractivity contribution in [3.05, 3.63) is 29.1 Å². The van der Waals surface area contributed by atoms with Crippen LogP contribution in [0.1, 0.15) is 29.9 Å². The van der Waals surface area contributed by atoms with E-state index < -0.39 is 18.0 Å². The molecule has 1 unspecified atom stereocenters. The lowest BCUT2D eigenvalue weighted by molar-refractivity contribution is -0.153. The van der Waals surface area contributed by atoms with E-state index in [-0.39, 0.29) is 6.61 Å². The summed E-state index contributed by atoms with van der Waals surface area (Å²) in [5, 5.41) is 0.885. The van der Waals surface area contributed by atoms with E-state index in [4.69, 9.17) is 15.2 Å². The number of hydrogen-bond donors (Lipinski definition) is 1. The Kier molecular flexibility index (Phi) is 4.80. The number of esters is 2. The van der Waals surface area contributed by atoms with Crippen molar-refractivity contribution in [2.45, 2.75) is 26.4 Å². The van der Waals surface area contributed by atoms with Crippen molar-refractivity contribution in [2.24, 2.45) is 0 Å². The maximum atomic E-state index is 12.1. The van der Waals surface area contributed by atoms with Gasteiger partial charge in [-0.2, -0.15) is 0 Å². The third-order valence-corrected chi connectivity index (χ3v) is 4.01. The molecule has 0 amide bonds. The fourth-order valence-electron chi connectivity index (χ4n) is 1.88. The smallest absolute Gasteiger partial charge is 0.349 e. The third kappa shape index (κ3) is 3.52. The summed E-state index contributed by atoms with van der Waals surface area (Å²) in [5.74, 6) is -1.03. The van der Waals surface area contributed by atoms with Crippen LogP contribution in [0.4, 0.5) is 5.69 Å². The zero-order chi connectivity index (χ0) is 15.4. The van der Waals surface area contributed by atoms with Crippen LogP contribution in [0.2, 0.25) is 0 Å². The first kappa shape index (κ1) is 15.3. The highest BCUT2D eigenvalue weighted by Crippen LogP contribution is 2.28. The van der Waals surface area contributed by atoms with Gasteiger partial charge >= 0.3 is 11.9 Å². The van der Waals surface area contributed by atoms with Gasteiger partial charge in [-0.3, -0.25) is 0 Å². The quantitative estimate of drug-likeness (QED) is 0.678. The molecule has 2 rings (SSSR count). The van der Waals surface area contributed by atoms with Crippen molar-refractivity contribution in [2.75, 3.05) is 12.3 Å². The van der Waals surface area contributed by atoms with E-state index in [1.54, 1.807) is 32.0 Å². The highest BCUT2D eigenvalue weighted by molar-refractivity contribution is 7.20. The van der Waals surface area contributed by atoms with Crippen LogP contribution in [0.15, 0.2) is 24.3 Å². The van der Waals surface area contributed by atoms with Crippen LogP contribution in [0.5, 0.6) is 0 Å². The van der Waals surface area contributed by atoms with Crippen molar-refractivity contribution >= 4 is 39.0 Å². The van der Waals surface area contributed by atoms with E-state index in [1.807, 2.05) is 6.07 Å². The normalized spacial score (nSPS) is 12.1. The van der Waals surface area contributed by atoms with Gasteiger partial charge < -0.3 is 15.2 Å². The molecular weight excluding hydrogens is 290 g/mol. The second-order valence-electron chi connectivity index (χ2n) is 4.46. The molecule has 2 N–H and O–H groups in total. The average molecular weight is 307 g/mol. The van der Waals surface area contributed by atoms with Crippen LogP contribution in [0.25, 0.3) is 10.1 Å². The molecule has 6 heteroatoms. The van der Waals surface area contributed by atoms with E-state index in [0.717, 1.165) is 10.1 Å². The number of ether oxygens (including phenoxy) is 2. The molecule has 1 aromatic carbocycles. The Morgan fingerprint density at radius 1 is 1.29 bits per heavy atom. The topological polar surface area (TPSA) is 78.6 Å². The van der Waals surface area contributed by atoms with Crippen molar-refractivity contribution < 1.29 is 19.1 Å². The number of thiophene rings is 1. The molecule has 1 heterocycles. The van der Waals surface area contributed by atoms with Gasteiger partial charge in [0.05, 0.1) is 6.61 Å². The number of carbonyl (C=O) groups excluding carboxylic acids is 2. The minimum absolute atomic E-state index is 0.259. The Morgan fingerprint density at radius 3 is 2.71 bits per heavy atom. The number of carbonyl (C=O) groups is 2. The maximum Gasteiger partial charge on any atom is 0.349 e. The summed E-state index contributed by atoms with van der Waals surface area (Å²) in [6.45, 7) is 3.73. The van der Waals surface area contributed by atoms with Gasteiger partial charge in [0, 0.05) is 10.4 Å². The van der Waals surface area contributed by atoms with E-state index in [0.29, 0.717) is 17.0 Å². The molecule has 2 aromatic rings. The molecule has 1 aromatic heterocycles. The summed E-state index contributed by atoms with van der Waals surface area (Å²) >= 11 is 1.31. The van der Waals surface area contributed by atoms with Gasteiger partial charge in [0.2, 0.25) is 0 Å². The van der Waals surface area contributed by atoms with Crippen LogP contribution in [0, 0.1) is 0 Å². The zero-order valence-electron chi connectivity index (χ0n) is 11.9. The van der Waals surface area contributed by atoms with Crippen LogP contribution in [-0.2, 0) is 14.3 Å². The summed E-state index contributed by atoms with van der Waals surface area (Å²) in [6, 6.07) is 7.15. The SMILES string of the molecule is CCOC(=O)C(CC)OC(=O)c1cc2cc(N)ccc2s1. The Balaban J connectivity index is 2.15. The number of benzene rings is 1. The average Bonchev–Trinajstić information content (AvgIpc) is 2.87. The first-order valence-corrected chi connectivity index (χ1v) is 7.53. The molecule has 0 radical (unpaired) electrons. The molecule has 0 saturated heterocycles. The number of rotatable bonds is 5. The van der Waals surface area contributed by atoms with Crippen LogP contribution in [-0.4, -0.2) is 24.6 Å². The molecule has 21 heavy (non-hydrogen) atoms. The lowest BCUT2D eigenvalue weighted by atomic mass is 10.2.